The predicted octanol–water partition coefficient (Wildman–Crippen LogP) is 3.49. The van der Waals surface area contributed by atoms with Gasteiger partial charge in [-0.2, -0.15) is 0 Å². The Kier molecular flexibility index (Phi) is 7.18. The summed E-state index contributed by atoms with van der Waals surface area (Å²) in [7, 11) is 0. The van der Waals surface area contributed by atoms with Gasteiger partial charge in [0.2, 0.25) is 0 Å². The minimum Gasteiger partial charge on any atom is -0.491 e. The number of hydrogen-bond acceptors (Lipinski definition) is 5. The van der Waals surface area contributed by atoms with Crippen LogP contribution in [0.3, 0.4) is 0 Å². The quantitative estimate of drug-likeness (QED) is 0.711. The molecule has 34 heavy (non-hydrogen) atoms. The van der Waals surface area contributed by atoms with Crippen LogP contribution in [-0.4, -0.2) is 77.7 Å². The van der Waals surface area contributed by atoms with Crippen LogP contribution in [0.25, 0.3) is 0 Å². The predicted molar refractivity (Wildman–Crippen MR) is 133 cm³/mol. The molecule has 1 fully saturated rings. The topological polar surface area (TPSA) is 56.3 Å². The normalized spacial score (nSPS) is 21.2. The number of fused-ring (bicyclic) bond motifs is 2. The number of rotatable bonds is 6. The maximum absolute atomic E-state index is 13.3. The van der Waals surface area contributed by atoms with Crippen LogP contribution >= 0.6 is 0 Å². The third kappa shape index (κ3) is 5.14. The Bertz CT molecular complexity index is 1000. The molecule has 2 atom stereocenters. The van der Waals surface area contributed by atoms with Crippen LogP contribution in [0, 0.1) is 0 Å². The van der Waals surface area contributed by atoms with Crippen molar-refractivity contribution in [2.75, 3.05) is 45.9 Å². The lowest BCUT2D eigenvalue weighted by atomic mass is 9.99. The van der Waals surface area contributed by atoms with Crippen LogP contribution in [0.4, 0.5) is 0 Å². The number of hydrogen-bond donors (Lipinski definition) is 1. The number of nitrogens with zero attached hydrogens (tertiary/aromatic N) is 3. The number of amides is 1. The molecular formula is C28H37N3O3. The Morgan fingerprint density at radius 1 is 0.971 bits per heavy atom. The monoisotopic (exact) mass is 463 g/mol. The minimum atomic E-state index is -0.589. The molecule has 1 N–H and O–H groups in total. The molecule has 3 heterocycles. The van der Waals surface area contributed by atoms with Crippen molar-refractivity contribution >= 4 is 5.91 Å². The lowest BCUT2D eigenvalue weighted by Gasteiger charge is -2.33. The third-order valence-corrected chi connectivity index (χ3v) is 7.67. The van der Waals surface area contributed by atoms with Crippen molar-refractivity contribution in [3.8, 4) is 5.75 Å². The summed E-state index contributed by atoms with van der Waals surface area (Å²) in [5.74, 6) is 0.628. The second-order valence-corrected chi connectivity index (χ2v) is 10.0. The zero-order valence-electron chi connectivity index (χ0n) is 20.3. The molecule has 3 aliphatic rings. The number of aliphatic hydroxyl groups excluding tert-OH is 1. The SMILES string of the molecule is CC(c1ccc2c(c1)OCCN(C[C@H](O)CN1CCc3ccccc3C1)C2=O)N1CCCCC1. The molecule has 1 unspecified atom stereocenters. The fraction of sp³-hybridized carbons (Fsp3) is 0.536. The summed E-state index contributed by atoms with van der Waals surface area (Å²) in [4.78, 5) is 19.9. The molecule has 0 radical (unpaired) electrons. The van der Waals surface area contributed by atoms with Gasteiger partial charge in [-0.3, -0.25) is 14.6 Å². The molecule has 1 saturated heterocycles. The molecule has 0 aromatic heterocycles. The summed E-state index contributed by atoms with van der Waals surface area (Å²) in [6.45, 7) is 8.13. The lowest BCUT2D eigenvalue weighted by Crippen LogP contribution is -2.44. The van der Waals surface area contributed by atoms with E-state index in [1.165, 1.54) is 36.0 Å². The number of carbonyl (C=O) groups is 1. The molecule has 0 saturated carbocycles. The first-order chi connectivity index (χ1) is 16.6. The second-order valence-electron chi connectivity index (χ2n) is 10.0. The van der Waals surface area contributed by atoms with E-state index in [0.29, 0.717) is 43.6 Å². The Hall–Kier alpha value is -2.41. The van der Waals surface area contributed by atoms with Crippen molar-refractivity contribution in [1.29, 1.82) is 0 Å². The highest BCUT2D eigenvalue weighted by Gasteiger charge is 2.28. The molecule has 5 rings (SSSR count). The number of piperidine rings is 1. The molecule has 2 aromatic carbocycles. The Balaban J connectivity index is 1.21. The van der Waals surface area contributed by atoms with Crippen LogP contribution in [0.1, 0.15) is 59.3 Å². The van der Waals surface area contributed by atoms with E-state index in [2.05, 4.69) is 53.1 Å². The van der Waals surface area contributed by atoms with Gasteiger partial charge in [-0.25, -0.2) is 0 Å². The van der Waals surface area contributed by atoms with Crippen molar-refractivity contribution in [3.63, 3.8) is 0 Å². The molecule has 0 bridgehead atoms. The summed E-state index contributed by atoms with van der Waals surface area (Å²) >= 11 is 0. The van der Waals surface area contributed by atoms with Gasteiger partial charge in [-0.1, -0.05) is 36.8 Å². The van der Waals surface area contributed by atoms with Crippen molar-refractivity contribution in [2.45, 2.75) is 51.3 Å². The van der Waals surface area contributed by atoms with Crippen LogP contribution in [0.15, 0.2) is 42.5 Å². The number of likely N-dealkylation sites (tertiary alicyclic amines) is 1. The van der Waals surface area contributed by atoms with Gasteiger partial charge in [0.1, 0.15) is 12.4 Å². The summed E-state index contributed by atoms with van der Waals surface area (Å²) in [5, 5.41) is 10.8. The van der Waals surface area contributed by atoms with E-state index in [1.54, 1.807) is 4.90 Å². The van der Waals surface area contributed by atoms with Gasteiger partial charge in [0.05, 0.1) is 18.2 Å². The van der Waals surface area contributed by atoms with Crippen molar-refractivity contribution in [2.24, 2.45) is 0 Å². The maximum Gasteiger partial charge on any atom is 0.257 e. The average molecular weight is 464 g/mol. The van der Waals surface area contributed by atoms with E-state index in [4.69, 9.17) is 4.74 Å². The number of aliphatic hydroxyl groups is 1. The van der Waals surface area contributed by atoms with E-state index in [1.807, 2.05) is 6.07 Å². The van der Waals surface area contributed by atoms with Crippen LogP contribution in [0.2, 0.25) is 0 Å². The highest BCUT2D eigenvalue weighted by atomic mass is 16.5. The van der Waals surface area contributed by atoms with Gasteiger partial charge < -0.3 is 14.7 Å². The van der Waals surface area contributed by atoms with Gasteiger partial charge in [-0.05, 0) is 68.1 Å². The minimum absolute atomic E-state index is 0.0484. The zero-order valence-corrected chi connectivity index (χ0v) is 20.3. The summed E-state index contributed by atoms with van der Waals surface area (Å²) in [6, 6.07) is 14.9. The van der Waals surface area contributed by atoms with Crippen molar-refractivity contribution in [3.05, 3.63) is 64.7 Å². The van der Waals surface area contributed by atoms with E-state index < -0.39 is 6.10 Å². The standard InChI is InChI=1S/C28H37N3O3/c1-21(30-12-5-2-6-13-30)23-9-10-26-27(17-23)34-16-15-31(28(26)33)20-25(32)19-29-14-11-22-7-3-4-8-24(22)18-29/h3-4,7-10,17,21,25,32H,2,5-6,11-16,18-20H2,1H3/t21?,25-/m1/s1. The Morgan fingerprint density at radius 3 is 2.59 bits per heavy atom. The molecule has 0 aliphatic carbocycles. The maximum atomic E-state index is 13.3. The van der Waals surface area contributed by atoms with E-state index in [9.17, 15) is 9.90 Å². The molecule has 6 nitrogen and oxygen atoms in total. The van der Waals surface area contributed by atoms with Crippen LogP contribution in [-0.2, 0) is 13.0 Å². The van der Waals surface area contributed by atoms with Gasteiger partial charge in [-0.15, -0.1) is 0 Å². The highest BCUT2D eigenvalue weighted by molar-refractivity contribution is 5.97. The summed E-state index contributed by atoms with van der Waals surface area (Å²) in [6.07, 6.45) is 4.24. The summed E-state index contributed by atoms with van der Waals surface area (Å²) < 4.78 is 6.02. The fourth-order valence-electron chi connectivity index (χ4n) is 5.64. The van der Waals surface area contributed by atoms with Crippen molar-refractivity contribution < 1.29 is 14.6 Å². The molecular weight excluding hydrogens is 426 g/mol. The van der Waals surface area contributed by atoms with Crippen LogP contribution < -0.4 is 4.74 Å². The first kappa shape index (κ1) is 23.3. The number of carbonyl (C=O) groups excluding carboxylic acids is 1. The smallest absolute Gasteiger partial charge is 0.257 e. The third-order valence-electron chi connectivity index (χ3n) is 7.67. The van der Waals surface area contributed by atoms with E-state index in [-0.39, 0.29) is 5.91 Å². The molecule has 0 spiro atoms. The van der Waals surface area contributed by atoms with E-state index in [0.717, 1.165) is 32.6 Å². The van der Waals surface area contributed by atoms with E-state index >= 15 is 0 Å². The molecule has 3 aliphatic heterocycles. The van der Waals surface area contributed by atoms with Crippen molar-refractivity contribution in [1.82, 2.24) is 14.7 Å². The van der Waals surface area contributed by atoms with Gasteiger partial charge in [0.25, 0.3) is 5.91 Å². The molecule has 1 amide bonds. The lowest BCUT2D eigenvalue weighted by molar-refractivity contribution is 0.0501. The molecule has 182 valence electrons. The second kappa shape index (κ2) is 10.5. The Labute approximate surface area is 203 Å². The summed E-state index contributed by atoms with van der Waals surface area (Å²) in [5.41, 5.74) is 4.54. The zero-order chi connectivity index (χ0) is 23.5. The molecule has 2 aromatic rings. The Morgan fingerprint density at radius 2 is 1.76 bits per heavy atom. The van der Waals surface area contributed by atoms with Crippen LogP contribution in [0.5, 0.6) is 5.75 Å². The van der Waals surface area contributed by atoms with Gasteiger partial charge in [0, 0.05) is 32.2 Å². The number of β-amino-alcohol motifs (C(OH)–C–C–N with tert-alkyl or cyclic N) is 1. The average Bonchev–Trinajstić information content (AvgIpc) is 3.02. The largest absolute Gasteiger partial charge is 0.491 e. The first-order valence-electron chi connectivity index (χ1n) is 12.9. The first-order valence-corrected chi connectivity index (χ1v) is 12.9. The van der Waals surface area contributed by atoms with Gasteiger partial charge in [0.15, 0.2) is 0 Å². The molecule has 6 heteroatoms. The highest BCUT2D eigenvalue weighted by Crippen LogP contribution is 2.31. The van der Waals surface area contributed by atoms with Gasteiger partial charge >= 0.3 is 0 Å². The number of ether oxygens (including phenoxy) is 1. The fourth-order valence-corrected chi connectivity index (χ4v) is 5.64. The number of benzene rings is 2.